The molecule has 1 fully saturated rings. The molecular formula is C37H54N9O12+. The number of hydrogen-bond donors (Lipinski definition) is 12. The number of Topliss-reactive ketones (excluding diaryl/α,β-unsaturated/α-hetero) is 1. The second kappa shape index (κ2) is 19.4. The summed E-state index contributed by atoms with van der Waals surface area (Å²) in [7, 11) is 0. The lowest BCUT2D eigenvalue weighted by Gasteiger charge is -2.41. The molecule has 318 valence electrons. The van der Waals surface area contributed by atoms with E-state index in [0.717, 1.165) is 16.9 Å². The molecule has 0 bridgehead atoms. The molecule has 0 unspecified atom stereocenters. The molecule has 0 radical (unpaired) electrons. The first kappa shape index (κ1) is 44.4. The van der Waals surface area contributed by atoms with Crippen LogP contribution in [0.3, 0.4) is 0 Å². The number of aromatic amines is 1. The summed E-state index contributed by atoms with van der Waals surface area (Å²) in [6.45, 7) is 2.77. The molecule has 7 atom stereocenters. The van der Waals surface area contributed by atoms with E-state index in [0.29, 0.717) is 29.8 Å². The number of amides is 2. The molecule has 0 spiro atoms. The Morgan fingerprint density at radius 2 is 1.62 bits per heavy atom. The zero-order valence-electron chi connectivity index (χ0n) is 32.3. The van der Waals surface area contributed by atoms with Crippen LogP contribution in [-0.4, -0.2) is 181 Å². The fourth-order valence-corrected chi connectivity index (χ4v) is 7.41. The quantitative estimate of drug-likeness (QED) is 0.0399. The Hall–Kier alpha value is -4.68. The summed E-state index contributed by atoms with van der Waals surface area (Å²) in [6.07, 6.45) is -11.0. The molecule has 1 saturated heterocycles. The largest absolute Gasteiger partial charge is 0.394 e. The summed E-state index contributed by atoms with van der Waals surface area (Å²) in [5, 5.41) is 93.0. The molecule has 4 heterocycles. The maximum absolute atomic E-state index is 13.9. The van der Waals surface area contributed by atoms with Gasteiger partial charge in [0.2, 0.25) is 0 Å². The predicted molar refractivity (Wildman–Crippen MR) is 205 cm³/mol. The van der Waals surface area contributed by atoms with Crippen molar-refractivity contribution < 1.29 is 64.9 Å². The first-order chi connectivity index (χ1) is 27.6. The molecule has 21 nitrogen and oxygen atoms in total. The van der Waals surface area contributed by atoms with E-state index in [2.05, 4.69) is 20.3 Å². The average molecular weight is 817 g/mol. The summed E-state index contributed by atoms with van der Waals surface area (Å²) in [5.74, 6) is -1.20. The minimum atomic E-state index is -2.11. The Morgan fingerprint density at radius 1 is 0.948 bits per heavy atom. The van der Waals surface area contributed by atoms with Gasteiger partial charge in [0.05, 0.1) is 32.4 Å². The number of H-pyrrole nitrogens is 1. The van der Waals surface area contributed by atoms with Crippen molar-refractivity contribution in [1.82, 2.24) is 34.6 Å². The van der Waals surface area contributed by atoms with Crippen LogP contribution in [0.4, 0.5) is 5.82 Å². The number of benzene rings is 1. The lowest BCUT2D eigenvalue weighted by Crippen LogP contribution is -2.56. The number of nitrogen functional groups attached to an aromatic ring is 1. The molecule has 1 aliphatic heterocycles. The zero-order valence-corrected chi connectivity index (χ0v) is 32.3. The number of aryl methyl sites for hydroxylation is 2. The van der Waals surface area contributed by atoms with Gasteiger partial charge in [-0.05, 0) is 44.9 Å². The van der Waals surface area contributed by atoms with Crippen molar-refractivity contribution in [3.05, 3.63) is 47.5 Å². The first-order valence-corrected chi connectivity index (χ1v) is 19.1. The van der Waals surface area contributed by atoms with E-state index in [1.165, 1.54) is 4.90 Å². The molecule has 1 aromatic carbocycles. The standard InChI is InChI=1S/C37H53N9O12/c1-3-45-22-6-5-19(13-23(22)46(4-2)28(45)14-40-36(57)29-34(38)42-35-21(41-29)7-10-39-35)37(58)43-11-8-20(9-12-43)44(15-24(49)30(53)32(55)26(51)17-47)16-25(50)31(54)33(56)27(52)18-48/h5-7,10,13,20,24-27,30,32-33,47-53,55-56H,3-4,8-9,11-12,14-18H2,1-2H3,(H3-,38,39,40,41,42,57)/p+1/t24-,25-,26+,27+,30+,32+,33+/m0/s1. The number of carbonyl (C=O) groups is 3. The van der Waals surface area contributed by atoms with Gasteiger partial charge < -0.3 is 66.9 Å². The van der Waals surface area contributed by atoms with E-state index in [4.69, 9.17) is 10.8 Å². The predicted octanol–water partition coefficient (Wildman–Crippen LogP) is -4.26. The third-order valence-electron chi connectivity index (χ3n) is 10.7. The highest BCUT2D eigenvalue weighted by Crippen LogP contribution is 2.24. The van der Waals surface area contributed by atoms with Gasteiger partial charge in [0.25, 0.3) is 17.6 Å². The highest BCUT2D eigenvalue weighted by molar-refractivity contribution is 5.98. The number of imidazole rings is 1. The molecule has 1 aliphatic rings. The van der Waals surface area contributed by atoms with Crippen molar-refractivity contribution in [2.24, 2.45) is 0 Å². The van der Waals surface area contributed by atoms with Gasteiger partial charge in [-0.2, -0.15) is 0 Å². The van der Waals surface area contributed by atoms with Crippen LogP contribution >= 0.6 is 0 Å². The lowest BCUT2D eigenvalue weighted by atomic mass is 9.97. The van der Waals surface area contributed by atoms with Crippen molar-refractivity contribution in [3.8, 4) is 0 Å². The third kappa shape index (κ3) is 9.44. The topological polar surface area (TPSA) is 328 Å². The Bertz CT molecular complexity index is 2050. The number of anilines is 1. The third-order valence-corrected chi connectivity index (χ3v) is 10.7. The molecule has 4 aromatic rings. The summed E-state index contributed by atoms with van der Waals surface area (Å²) >= 11 is 0. The van der Waals surface area contributed by atoms with Gasteiger partial charge in [-0.25, -0.2) is 19.1 Å². The Labute approximate surface area is 332 Å². The number of nitrogens with two attached hydrogens (primary N) is 1. The number of hydrogen-bond acceptors (Lipinski definition) is 16. The van der Waals surface area contributed by atoms with E-state index in [9.17, 15) is 55.2 Å². The number of piperidine rings is 1. The fraction of sp³-hybridized carbons (Fsp3) is 0.568. The molecule has 0 saturated carbocycles. The van der Waals surface area contributed by atoms with Crippen molar-refractivity contribution in [3.63, 3.8) is 0 Å². The molecule has 0 aliphatic carbocycles. The van der Waals surface area contributed by atoms with Crippen LogP contribution in [0.15, 0.2) is 30.5 Å². The number of aliphatic hydroxyl groups excluding tert-OH is 9. The fourth-order valence-electron chi connectivity index (χ4n) is 7.41. The van der Waals surface area contributed by atoms with E-state index < -0.39 is 86.8 Å². The number of aromatic nitrogens is 5. The number of likely N-dealkylation sites (tertiary alicyclic amines) is 1. The van der Waals surface area contributed by atoms with Gasteiger partial charge in [-0.1, -0.05) is 0 Å². The number of carbonyl (C=O) groups excluding carboxylic acids is 3. The second-order valence-electron chi connectivity index (χ2n) is 14.3. The summed E-state index contributed by atoms with van der Waals surface area (Å²) < 4.78 is 4.04. The maximum Gasteiger partial charge on any atom is 0.277 e. The van der Waals surface area contributed by atoms with Crippen LogP contribution in [0.5, 0.6) is 0 Å². The van der Waals surface area contributed by atoms with Crippen LogP contribution in [0, 0.1) is 0 Å². The summed E-state index contributed by atoms with van der Waals surface area (Å²) in [6, 6.07) is 6.54. The van der Waals surface area contributed by atoms with E-state index >= 15 is 0 Å². The molecule has 21 heteroatoms. The van der Waals surface area contributed by atoms with Crippen LogP contribution in [-0.2, 0) is 24.4 Å². The normalized spacial score (nSPS) is 17.6. The second-order valence-corrected chi connectivity index (χ2v) is 14.3. The molecule has 2 amide bonds. The Kier molecular flexibility index (Phi) is 14.8. The van der Waals surface area contributed by atoms with Gasteiger partial charge in [0.1, 0.15) is 48.7 Å². The molecular weight excluding hydrogens is 762 g/mol. The van der Waals surface area contributed by atoms with Gasteiger partial charge in [0, 0.05) is 50.0 Å². The average Bonchev–Trinajstić information content (AvgIpc) is 3.83. The molecule has 3 aromatic heterocycles. The van der Waals surface area contributed by atoms with Gasteiger partial charge in [0.15, 0.2) is 34.0 Å². The minimum Gasteiger partial charge on any atom is -0.394 e. The van der Waals surface area contributed by atoms with Crippen LogP contribution in [0.1, 0.15) is 53.4 Å². The summed E-state index contributed by atoms with van der Waals surface area (Å²) in [4.78, 5) is 54.4. The van der Waals surface area contributed by atoms with Crippen LogP contribution in [0.2, 0.25) is 0 Å². The molecule has 58 heavy (non-hydrogen) atoms. The maximum atomic E-state index is 13.9. The van der Waals surface area contributed by atoms with Gasteiger partial charge >= 0.3 is 0 Å². The number of rotatable bonds is 19. The first-order valence-electron chi connectivity index (χ1n) is 19.1. The highest BCUT2D eigenvalue weighted by atomic mass is 16.4. The van der Waals surface area contributed by atoms with E-state index in [-0.39, 0.29) is 49.9 Å². The number of nitrogens with zero attached hydrogens (tertiary/aromatic N) is 6. The summed E-state index contributed by atoms with van der Waals surface area (Å²) in [5.41, 5.74) is 9.01. The Balaban J connectivity index is 1.31. The number of fused-ring (bicyclic) bond motifs is 2. The molecule has 5 rings (SSSR count). The van der Waals surface area contributed by atoms with Crippen molar-refractivity contribution in [1.29, 1.82) is 0 Å². The monoisotopic (exact) mass is 816 g/mol. The lowest BCUT2D eigenvalue weighted by molar-refractivity contribution is -0.676. The smallest absolute Gasteiger partial charge is 0.277 e. The van der Waals surface area contributed by atoms with Gasteiger partial charge in [-0.15, -0.1) is 0 Å². The van der Waals surface area contributed by atoms with E-state index in [1.54, 1.807) is 29.3 Å². The highest BCUT2D eigenvalue weighted by Gasteiger charge is 2.37. The Morgan fingerprint density at radius 3 is 2.26 bits per heavy atom. The van der Waals surface area contributed by atoms with E-state index in [1.807, 2.05) is 29.0 Å². The minimum absolute atomic E-state index is 0.000823. The zero-order chi connectivity index (χ0) is 42.4. The van der Waals surface area contributed by atoms with Crippen LogP contribution < -0.4 is 15.6 Å². The van der Waals surface area contributed by atoms with Gasteiger partial charge in [-0.3, -0.25) is 19.3 Å². The van der Waals surface area contributed by atoms with Crippen molar-refractivity contribution in [2.75, 3.05) is 45.1 Å². The van der Waals surface area contributed by atoms with Crippen molar-refractivity contribution in [2.45, 2.75) is 95.1 Å². The van der Waals surface area contributed by atoms with Crippen LogP contribution in [0.25, 0.3) is 22.2 Å². The molecule has 13 N–H and O–H groups in total. The number of nitrogens with one attached hydrogen (secondary N) is 2. The number of ketones is 1. The van der Waals surface area contributed by atoms with Crippen molar-refractivity contribution >= 4 is 45.6 Å². The SMILES string of the molecule is CCn1c(CNC(=O)c2nc3cc[nH]c3nc2N)[n+](CC)c2ccc(C(=O)N3CCC(N(C[C@H](O)C(=O)[C@H](O)[C@H](O)CO)C[C@H](O)[C@@H](O)[C@H](O)[C@H](O)CO)CC3)cc21. The number of aliphatic hydroxyl groups is 9.